The van der Waals surface area contributed by atoms with Crippen LogP contribution in [0.4, 0.5) is 0 Å². The second-order valence-electron chi connectivity index (χ2n) is 1.53. The van der Waals surface area contributed by atoms with Crippen LogP contribution in [-0.2, 0) is 0 Å². The van der Waals surface area contributed by atoms with Gasteiger partial charge in [-0.15, -0.1) is 0 Å². The third-order valence-corrected chi connectivity index (χ3v) is 1.18. The van der Waals surface area contributed by atoms with E-state index in [1.165, 1.54) is 12.3 Å². The van der Waals surface area contributed by atoms with Crippen molar-refractivity contribution >= 4 is 11.6 Å². The van der Waals surface area contributed by atoms with Gasteiger partial charge in [-0.3, -0.25) is 0 Å². The topological polar surface area (TPSA) is 58.4 Å². The molecule has 0 aromatic rings. The number of hydrogen-bond donors (Lipinski definition) is 1. The summed E-state index contributed by atoms with van der Waals surface area (Å²) in [4.78, 5) is 10.1. The van der Waals surface area contributed by atoms with Crippen LogP contribution in [0.15, 0.2) is 23.5 Å². The van der Waals surface area contributed by atoms with E-state index in [1.54, 1.807) is 6.08 Å². The summed E-state index contributed by atoms with van der Waals surface area (Å²) >= 11 is 5.41. The molecule has 1 N–H and O–H groups in total. The van der Waals surface area contributed by atoms with E-state index in [0.717, 1.165) is 0 Å². The van der Waals surface area contributed by atoms with Gasteiger partial charge in [0.1, 0.15) is 0 Å². The lowest BCUT2D eigenvalue weighted by Gasteiger charge is -2.13. The van der Waals surface area contributed by atoms with Crippen LogP contribution in [0.2, 0.25) is 0 Å². The zero-order valence-corrected chi connectivity index (χ0v) is 5.58. The van der Waals surface area contributed by atoms with Crippen molar-refractivity contribution in [2.45, 2.75) is 0 Å². The minimum atomic E-state index is -0.650. The fourth-order valence-corrected chi connectivity index (χ4v) is 0.682. The number of halogens is 1. The standard InChI is InChI=1S/C4H4ClN3O2/c5-4-2-1-3-6-7(4)8(9)10/h1-3,6H. The molecular weight excluding hydrogens is 158 g/mol. The molecule has 0 atom stereocenters. The summed E-state index contributed by atoms with van der Waals surface area (Å²) in [7, 11) is 0. The first-order valence-electron chi connectivity index (χ1n) is 2.45. The molecule has 0 unspecified atom stereocenters. The average Bonchev–Trinajstić information content (AvgIpc) is 1.88. The summed E-state index contributed by atoms with van der Waals surface area (Å²) < 4.78 is 0. The molecule has 1 aliphatic rings. The van der Waals surface area contributed by atoms with Crippen LogP contribution in [0.5, 0.6) is 0 Å². The highest BCUT2D eigenvalue weighted by atomic mass is 35.5. The van der Waals surface area contributed by atoms with E-state index in [-0.39, 0.29) is 5.16 Å². The number of nitrogens with zero attached hydrogens (tertiary/aromatic N) is 2. The molecule has 0 amide bonds. The van der Waals surface area contributed by atoms with Gasteiger partial charge in [-0.2, -0.15) is 0 Å². The largest absolute Gasteiger partial charge is 0.247 e. The number of hydrogen-bond acceptors (Lipinski definition) is 3. The molecule has 0 fully saturated rings. The fraction of sp³-hybridized carbons (Fsp3) is 0. The highest BCUT2D eigenvalue weighted by Gasteiger charge is 2.17. The molecule has 0 bridgehead atoms. The molecular formula is C4H4ClN3O2. The van der Waals surface area contributed by atoms with Crippen molar-refractivity contribution < 1.29 is 5.03 Å². The molecule has 10 heavy (non-hydrogen) atoms. The molecule has 0 spiro atoms. The molecule has 1 heterocycles. The van der Waals surface area contributed by atoms with E-state index in [0.29, 0.717) is 5.12 Å². The van der Waals surface area contributed by atoms with Gasteiger partial charge >= 0.3 is 0 Å². The van der Waals surface area contributed by atoms with Crippen LogP contribution >= 0.6 is 11.6 Å². The Labute approximate surface area is 61.7 Å². The van der Waals surface area contributed by atoms with Crippen LogP contribution in [0.1, 0.15) is 0 Å². The first-order chi connectivity index (χ1) is 4.72. The van der Waals surface area contributed by atoms with Crippen molar-refractivity contribution in [3.63, 3.8) is 0 Å². The van der Waals surface area contributed by atoms with Crippen molar-refractivity contribution in [1.82, 2.24) is 10.5 Å². The minimum absolute atomic E-state index is 0.0347. The van der Waals surface area contributed by atoms with Crippen molar-refractivity contribution in [3.8, 4) is 0 Å². The molecule has 0 aromatic carbocycles. The second kappa shape index (κ2) is 2.57. The Hall–Kier alpha value is -1.23. The van der Waals surface area contributed by atoms with Gasteiger partial charge in [0.25, 0.3) is 0 Å². The van der Waals surface area contributed by atoms with Crippen LogP contribution < -0.4 is 5.43 Å². The Morgan fingerprint density at radius 1 is 1.80 bits per heavy atom. The Bertz CT molecular complexity index is 213. The zero-order valence-electron chi connectivity index (χ0n) is 4.82. The van der Waals surface area contributed by atoms with Gasteiger partial charge in [-0.05, 0) is 12.2 Å². The molecule has 6 heteroatoms. The van der Waals surface area contributed by atoms with Crippen LogP contribution in [0.25, 0.3) is 0 Å². The minimum Gasteiger partial charge on any atom is -0.247 e. The third kappa shape index (κ3) is 1.19. The maximum absolute atomic E-state index is 10.1. The predicted molar refractivity (Wildman–Crippen MR) is 35.0 cm³/mol. The average molecular weight is 162 g/mol. The lowest BCUT2D eigenvalue weighted by molar-refractivity contribution is -0.653. The van der Waals surface area contributed by atoms with E-state index in [9.17, 15) is 10.1 Å². The van der Waals surface area contributed by atoms with E-state index in [2.05, 4.69) is 5.43 Å². The molecule has 0 saturated heterocycles. The van der Waals surface area contributed by atoms with Gasteiger partial charge in [0.2, 0.25) is 0 Å². The molecule has 1 aliphatic heterocycles. The van der Waals surface area contributed by atoms with Crippen LogP contribution in [0.3, 0.4) is 0 Å². The van der Waals surface area contributed by atoms with Crippen molar-refractivity contribution in [3.05, 3.63) is 33.6 Å². The Morgan fingerprint density at radius 2 is 2.50 bits per heavy atom. The van der Waals surface area contributed by atoms with Gasteiger partial charge in [0, 0.05) is 11.3 Å². The molecule has 0 saturated carbocycles. The second-order valence-corrected chi connectivity index (χ2v) is 1.91. The van der Waals surface area contributed by atoms with Gasteiger partial charge in [0.05, 0.1) is 0 Å². The normalized spacial score (nSPS) is 16.1. The molecule has 5 nitrogen and oxygen atoms in total. The van der Waals surface area contributed by atoms with Gasteiger partial charge in [-0.25, -0.2) is 15.5 Å². The van der Waals surface area contributed by atoms with Gasteiger partial charge in [0.15, 0.2) is 10.2 Å². The summed E-state index contributed by atoms with van der Waals surface area (Å²) in [5.74, 6) is 0. The quantitative estimate of drug-likeness (QED) is 0.348. The van der Waals surface area contributed by atoms with Gasteiger partial charge in [-0.1, -0.05) is 11.6 Å². The first kappa shape index (κ1) is 6.88. The number of nitrogens with one attached hydrogen (secondary N) is 1. The monoisotopic (exact) mass is 161 g/mol. The summed E-state index contributed by atoms with van der Waals surface area (Å²) in [6.07, 6.45) is 4.40. The Kier molecular flexibility index (Phi) is 1.77. The van der Waals surface area contributed by atoms with E-state index in [4.69, 9.17) is 11.6 Å². The Morgan fingerprint density at radius 3 is 2.90 bits per heavy atom. The van der Waals surface area contributed by atoms with E-state index in [1.807, 2.05) is 0 Å². The zero-order chi connectivity index (χ0) is 7.56. The third-order valence-electron chi connectivity index (χ3n) is 0.892. The summed E-state index contributed by atoms with van der Waals surface area (Å²) in [6, 6.07) is 0. The van der Waals surface area contributed by atoms with Crippen LogP contribution in [-0.4, -0.2) is 10.2 Å². The number of nitro groups is 1. The molecule has 1 rings (SSSR count). The van der Waals surface area contributed by atoms with Crippen molar-refractivity contribution in [2.75, 3.05) is 0 Å². The van der Waals surface area contributed by atoms with Crippen LogP contribution in [0, 0.1) is 10.1 Å². The lowest BCUT2D eigenvalue weighted by atomic mass is 10.5. The molecule has 0 aromatic heterocycles. The molecule has 0 radical (unpaired) electrons. The number of rotatable bonds is 1. The van der Waals surface area contributed by atoms with E-state index >= 15 is 0 Å². The highest BCUT2D eigenvalue weighted by Crippen LogP contribution is 2.09. The Balaban J connectivity index is 2.73. The first-order valence-corrected chi connectivity index (χ1v) is 2.82. The SMILES string of the molecule is O=[N+]([O-])N1NC=CC=C1Cl. The maximum atomic E-state index is 10.1. The van der Waals surface area contributed by atoms with Crippen molar-refractivity contribution in [2.24, 2.45) is 0 Å². The van der Waals surface area contributed by atoms with E-state index < -0.39 is 5.03 Å². The smallest absolute Gasteiger partial charge is 0.196 e. The summed E-state index contributed by atoms with van der Waals surface area (Å²) in [5, 5.41) is 10.1. The summed E-state index contributed by atoms with van der Waals surface area (Å²) in [5.41, 5.74) is 2.32. The number of allylic oxidation sites excluding steroid dienone is 2. The highest BCUT2D eigenvalue weighted by molar-refractivity contribution is 6.29. The lowest BCUT2D eigenvalue weighted by Crippen LogP contribution is -2.38. The molecule has 0 aliphatic carbocycles. The number of hydrazine groups is 2. The fourth-order valence-electron chi connectivity index (χ4n) is 0.499. The molecule has 54 valence electrons. The maximum Gasteiger partial charge on any atom is 0.196 e. The van der Waals surface area contributed by atoms with Gasteiger partial charge < -0.3 is 0 Å². The summed E-state index contributed by atoms with van der Waals surface area (Å²) in [6.45, 7) is 0. The predicted octanol–water partition coefficient (Wildman–Crippen LogP) is 0.592. The van der Waals surface area contributed by atoms with Crippen molar-refractivity contribution in [1.29, 1.82) is 0 Å².